The van der Waals surface area contributed by atoms with Gasteiger partial charge in [-0.25, -0.2) is 10.2 Å². The molecule has 1 aromatic heterocycles. The van der Waals surface area contributed by atoms with Crippen LogP contribution in [-0.2, 0) is 4.79 Å². The van der Waals surface area contributed by atoms with Crippen LogP contribution in [0.1, 0.15) is 67.1 Å². The lowest BCUT2D eigenvalue weighted by Gasteiger charge is -2.06. The van der Waals surface area contributed by atoms with Crippen LogP contribution in [-0.4, -0.2) is 18.1 Å². The van der Waals surface area contributed by atoms with Crippen molar-refractivity contribution in [1.29, 1.82) is 0 Å². The molecule has 0 fully saturated rings. The number of nitrogens with zero attached hydrogens (tertiary/aromatic N) is 1. The van der Waals surface area contributed by atoms with Crippen LogP contribution in [0.3, 0.4) is 0 Å². The second-order valence-electron chi connectivity index (χ2n) is 7.48. The summed E-state index contributed by atoms with van der Waals surface area (Å²) < 4.78 is 6.52. The van der Waals surface area contributed by atoms with Crippen LogP contribution in [0, 0.1) is 0 Å². The van der Waals surface area contributed by atoms with E-state index in [1.54, 1.807) is 18.2 Å². The molecule has 0 radical (unpaired) electrons. The van der Waals surface area contributed by atoms with Crippen molar-refractivity contribution in [3.8, 4) is 5.75 Å². The highest BCUT2D eigenvalue weighted by molar-refractivity contribution is 7.21. The van der Waals surface area contributed by atoms with Gasteiger partial charge in [-0.3, -0.25) is 4.79 Å². The number of amides is 1. The summed E-state index contributed by atoms with van der Waals surface area (Å²) in [7, 11) is 0. The Balaban J connectivity index is 1.56. The largest absolute Gasteiger partial charge is 0.422 e. The van der Waals surface area contributed by atoms with Crippen LogP contribution >= 0.6 is 22.9 Å². The summed E-state index contributed by atoms with van der Waals surface area (Å²) in [5.74, 6) is -0.299. The molecule has 0 atom stereocenters. The number of para-hydroxylation sites is 1. The number of thiophene rings is 1. The van der Waals surface area contributed by atoms with Gasteiger partial charge in [0.15, 0.2) is 0 Å². The fourth-order valence-electron chi connectivity index (χ4n) is 3.27. The first-order chi connectivity index (χ1) is 15.6. The smallest absolute Gasteiger partial charge is 0.355 e. The van der Waals surface area contributed by atoms with Crippen molar-refractivity contribution in [1.82, 2.24) is 5.43 Å². The van der Waals surface area contributed by atoms with E-state index in [4.69, 9.17) is 16.3 Å². The molecule has 32 heavy (non-hydrogen) atoms. The zero-order valence-electron chi connectivity index (χ0n) is 18.1. The van der Waals surface area contributed by atoms with Gasteiger partial charge in [0.1, 0.15) is 10.6 Å². The van der Waals surface area contributed by atoms with Gasteiger partial charge in [-0.15, -0.1) is 11.3 Å². The quantitative estimate of drug-likeness (QED) is 0.108. The maximum atomic E-state index is 12.7. The van der Waals surface area contributed by atoms with E-state index in [2.05, 4.69) is 17.5 Å². The Kier molecular flexibility index (Phi) is 9.26. The number of carbonyl (C=O) groups is 2. The maximum Gasteiger partial charge on any atom is 0.355 e. The van der Waals surface area contributed by atoms with Gasteiger partial charge >= 0.3 is 5.97 Å². The number of rotatable bonds is 11. The Labute approximate surface area is 197 Å². The van der Waals surface area contributed by atoms with Crippen molar-refractivity contribution in [3.63, 3.8) is 0 Å². The van der Waals surface area contributed by atoms with Crippen LogP contribution in [0.25, 0.3) is 10.1 Å². The molecule has 3 aromatic rings. The number of benzene rings is 2. The monoisotopic (exact) mass is 470 g/mol. The molecule has 0 saturated carbocycles. The number of fused-ring (bicyclic) bond motifs is 1. The minimum Gasteiger partial charge on any atom is -0.422 e. The van der Waals surface area contributed by atoms with Gasteiger partial charge in [0.25, 0.3) is 0 Å². The number of hydrazone groups is 1. The van der Waals surface area contributed by atoms with E-state index in [1.165, 1.54) is 36.8 Å². The number of unbranched alkanes of at least 4 members (excludes halogenated alkanes) is 5. The zero-order valence-corrected chi connectivity index (χ0v) is 19.7. The van der Waals surface area contributed by atoms with Crippen LogP contribution in [0.5, 0.6) is 5.75 Å². The van der Waals surface area contributed by atoms with E-state index in [0.717, 1.165) is 29.3 Å². The second-order valence-corrected chi connectivity index (χ2v) is 8.91. The number of esters is 1. The van der Waals surface area contributed by atoms with Crippen molar-refractivity contribution >= 4 is 51.1 Å². The van der Waals surface area contributed by atoms with Gasteiger partial charge < -0.3 is 4.74 Å². The summed E-state index contributed by atoms with van der Waals surface area (Å²) in [5, 5.41) is 5.24. The van der Waals surface area contributed by atoms with E-state index in [9.17, 15) is 9.59 Å². The summed E-state index contributed by atoms with van der Waals surface area (Å²) in [6.07, 6.45) is 8.67. The van der Waals surface area contributed by atoms with Gasteiger partial charge in [0, 0.05) is 22.1 Å². The Hall–Kier alpha value is -2.70. The predicted molar refractivity (Wildman–Crippen MR) is 132 cm³/mol. The summed E-state index contributed by atoms with van der Waals surface area (Å²) in [5.41, 5.74) is 3.12. The molecule has 7 heteroatoms. The number of halogens is 1. The van der Waals surface area contributed by atoms with E-state index in [0.29, 0.717) is 27.6 Å². The van der Waals surface area contributed by atoms with Crippen LogP contribution in [0.2, 0.25) is 5.02 Å². The summed E-state index contributed by atoms with van der Waals surface area (Å²) in [6.45, 7) is 2.18. The summed E-state index contributed by atoms with van der Waals surface area (Å²) >= 11 is 7.68. The molecule has 0 aliphatic rings. The molecule has 0 bridgehead atoms. The molecule has 0 aliphatic heterocycles. The lowest BCUT2D eigenvalue weighted by atomic mass is 10.1. The molecule has 1 amide bonds. The predicted octanol–water partition coefficient (Wildman–Crippen LogP) is 6.97. The Morgan fingerprint density at radius 1 is 1.03 bits per heavy atom. The third-order valence-electron chi connectivity index (χ3n) is 4.99. The first-order valence-corrected chi connectivity index (χ1v) is 12.1. The van der Waals surface area contributed by atoms with E-state index < -0.39 is 5.97 Å². The maximum absolute atomic E-state index is 12.7. The van der Waals surface area contributed by atoms with Gasteiger partial charge in [-0.2, -0.15) is 5.10 Å². The minimum atomic E-state index is -0.524. The van der Waals surface area contributed by atoms with Crippen LogP contribution in [0.15, 0.2) is 53.6 Å². The van der Waals surface area contributed by atoms with Crippen molar-refractivity contribution in [2.24, 2.45) is 5.10 Å². The highest BCUT2D eigenvalue weighted by atomic mass is 35.5. The van der Waals surface area contributed by atoms with Gasteiger partial charge in [-0.1, -0.05) is 81.0 Å². The van der Waals surface area contributed by atoms with Crippen LogP contribution < -0.4 is 10.2 Å². The molecule has 5 nitrogen and oxygen atoms in total. The SMILES string of the molecule is CCCCCCCCC(=O)N/N=C\c1ccccc1OC(=O)c1sc2ccccc2c1Cl. The highest BCUT2D eigenvalue weighted by Crippen LogP contribution is 2.35. The average Bonchev–Trinajstić information content (AvgIpc) is 3.14. The first kappa shape index (κ1) is 24.0. The minimum absolute atomic E-state index is 0.122. The van der Waals surface area contributed by atoms with Gasteiger partial charge in [-0.05, 0) is 24.6 Å². The molecular weight excluding hydrogens is 444 g/mol. The topological polar surface area (TPSA) is 67.8 Å². The Bertz CT molecular complexity index is 1090. The average molecular weight is 471 g/mol. The second kappa shape index (κ2) is 12.4. The molecule has 0 saturated heterocycles. The lowest BCUT2D eigenvalue weighted by molar-refractivity contribution is -0.121. The van der Waals surface area contributed by atoms with E-state index >= 15 is 0 Å². The number of ether oxygens (including phenoxy) is 1. The molecule has 1 N–H and O–H groups in total. The number of hydrogen-bond donors (Lipinski definition) is 1. The zero-order chi connectivity index (χ0) is 22.8. The molecule has 0 aliphatic carbocycles. The fraction of sp³-hybridized carbons (Fsp3) is 0.320. The fourth-order valence-corrected chi connectivity index (χ4v) is 4.65. The molecule has 168 valence electrons. The van der Waals surface area contributed by atoms with Gasteiger partial charge in [0.05, 0.1) is 11.2 Å². The van der Waals surface area contributed by atoms with Crippen molar-refractivity contribution in [2.75, 3.05) is 0 Å². The lowest BCUT2D eigenvalue weighted by Crippen LogP contribution is -2.17. The molecule has 0 spiro atoms. The van der Waals surface area contributed by atoms with Crippen molar-refractivity contribution < 1.29 is 14.3 Å². The third kappa shape index (κ3) is 6.65. The summed E-state index contributed by atoms with van der Waals surface area (Å²) in [6, 6.07) is 14.6. The number of nitrogens with one attached hydrogen (secondary N) is 1. The summed E-state index contributed by atoms with van der Waals surface area (Å²) in [4.78, 5) is 25.1. The molecule has 1 heterocycles. The molecule has 0 unspecified atom stereocenters. The third-order valence-corrected chi connectivity index (χ3v) is 6.65. The Morgan fingerprint density at radius 3 is 2.56 bits per heavy atom. The van der Waals surface area contributed by atoms with Gasteiger partial charge in [0.2, 0.25) is 5.91 Å². The normalized spacial score (nSPS) is 11.2. The number of carbonyl (C=O) groups excluding carboxylic acids is 2. The van der Waals surface area contributed by atoms with Crippen molar-refractivity contribution in [2.45, 2.75) is 51.9 Å². The first-order valence-electron chi connectivity index (χ1n) is 10.9. The van der Waals surface area contributed by atoms with E-state index in [1.807, 2.05) is 30.3 Å². The van der Waals surface area contributed by atoms with Crippen LogP contribution in [0.4, 0.5) is 0 Å². The standard InChI is InChI=1S/C25H27ClN2O3S/c1-2-3-4-5-6-7-16-22(29)28-27-17-18-12-8-10-14-20(18)31-25(30)24-23(26)19-13-9-11-15-21(19)32-24/h8-15,17H,2-7,16H2,1H3,(H,28,29)/b27-17-. The molecule has 3 rings (SSSR count). The highest BCUT2D eigenvalue weighted by Gasteiger charge is 2.19. The number of hydrogen-bond acceptors (Lipinski definition) is 5. The van der Waals surface area contributed by atoms with Crippen molar-refractivity contribution in [3.05, 3.63) is 64.0 Å². The molecular formula is C25H27ClN2O3S. The Morgan fingerprint density at radius 2 is 1.75 bits per heavy atom. The molecule has 2 aromatic carbocycles. The van der Waals surface area contributed by atoms with E-state index in [-0.39, 0.29) is 5.91 Å².